The zero-order chi connectivity index (χ0) is 17.8. The molecule has 0 aliphatic rings. The average molecular weight is 373 g/mol. The molecule has 128 valence electrons. The van der Waals surface area contributed by atoms with Gasteiger partial charge in [0.25, 0.3) is 5.91 Å². The highest BCUT2D eigenvalue weighted by molar-refractivity contribution is 7.98. The van der Waals surface area contributed by atoms with Crippen molar-refractivity contribution in [1.82, 2.24) is 15.3 Å². The fourth-order valence-electron chi connectivity index (χ4n) is 2.34. The molecule has 0 unspecified atom stereocenters. The Kier molecular flexibility index (Phi) is 5.45. The van der Waals surface area contributed by atoms with E-state index in [4.69, 9.17) is 0 Å². The van der Waals surface area contributed by atoms with Gasteiger partial charge in [-0.2, -0.15) is 0 Å². The minimum atomic E-state index is -0.298. The van der Waals surface area contributed by atoms with E-state index >= 15 is 0 Å². The van der Waals surface area contributed by atoms with Crippen LogP contribution in [0.25, 0.3) is 10.7 Å². The van der Waals surface area contributed by atoms with Crippen LogP contribution in [-0.4, -0.2) is 22.1 Å². The van der Waals surface area contributed by atoms with Gasteiger partial charge in [0.1, 0.15) is 10.8 Å². The number of carbonyl (C=O) groups excluding carboxylic acids is 1. The lowest BCUT2D eigenvalue weighted by Crippen LogP contribution is -2.25. The molecular formula is C18H16FN3OS2. The number of aromatic nitrogens is 2. The zero-order valence-corrected chi connectivity index (χ0v) is 15.4. The van der Waals surface area contributed by atoms with Gasteiger partial charge in [-0.1, -0.05) is 18.2 Å². The lowest BCUT2D eigenvalue weighted by Gasteiger charge is -2.12. The smallest absolute Gasteiger partial charge is 0.256 e. The van der Waals surface area contributed by atoms with Crippen LogP contribution in [0, 0.1) is 12.7 Å². The first-order valence-corrected chi connectivity index (χ1v) is 9.68. The number of hydrogen-bond acceptors (Lipinski definition) is 5. The summed E-state index contributed by atoms with van der Waals surface area (Å²) in [6, 6.07) is 9.94. The average Bonchev–Trinajstić information content (AvgIpc) is 3.15. The van der Waals surface area contributed by atoms with Crippen molar-refractivity contribution in [2.75, 3.05) is 6.26 Å². The van der Waals surface area contributed by atoms with Crippen molar-refractivity contribution in [3.63, 3.8) is 0 Å². The molecule has 2 heterocycles. The van der Waals surface area contributed by atoms with Gasteiger partial charge >= 0.3 is 0 Å². The third-order valence-corrected chi connectivity index (χ3v) is 5.13. The Bertz CT molecular complexity index is 880. The van der Waals surface area contributed by atoms with E-state index in [-0.39, 0.29) is 11.7 Å². The summed E-state index contributed by atoms with van der Waals surface area (Å²) < 4.78 is 13.0. The van der Waals surface area contributed by atoms with E-state index in [9.17, 15) is 9.18 Å². The predicted octanol–water partition coefficient (Wildman–Crippen LogP) is 4.30. The fraction of sp³-hybridized carbons (Fsp3) is 0.167. The molecule has 0 fully saturated rings. The Hall–Kier alpha value is -2.25. The number of nitrogens with zero attached hydrogens (tertiary/aromatic N) is 2. The minimum Gasteiger partial charge on any atom is -0.348 e. The molecule has 7 heteroatoms. The highest BCUT2D eigenvalue weighted by atomic mass is 32.2. The van der Waals surface area contributed by atoms with Crippen LogP contribution in [0.4, 0.5) is 4.39 Å². The molecule has 0 aliphatic carbocycles. The van der Waals surface area contributed by atoms with E-state index in [0.29, 0.717) is 28.7 Å². The summed E-state index contributed by atoms with van der Waals surface area (Å²) in [5.74, 6) is 0.101. The second-order valence-corrected chi connectivity index (χ2v) is 7.05. The molecule has 2 aromatic heterocycles. The number of nitrogens with one attached hydrogen (secondary N) is 1. The Labute approximate surface area is 153 Å². The number of halogens is 1. The summed E-state index contributed by atoms with van der Waals surface area (Å²) in [6.07, 6.45) is 1.89. The van der Waals surface area contributed by atoms with E-state index in [0.717, 1.165) is 10.4 Å². The quantitative estimate of drug-likeness (QED) is 0.535. The Morgan fingerprint density at radius 2 is 2.00 bits per heavy atom. The Balaban J connectivity index is 1.83. The molecule has 25 heavy (non-hydrogen) atoms. The first kappa shape index (κ1) is 17.6. The standard InChI is InChI=1S/C18H16FN3OS2/c1-11-15(17(23)20-10-12-5-7-13(19)8-6-12)18(24-2)22-16(21-11)14-4-3-9-25-14/h3-9H,10H2,1-2H3,(H,20,23). The molecule has 0 atom stereocenters. The zero-order valence-electron chi connectivity index (χ0n) is 13.7. The van der Waals surface area contributed by atoms with Gasteiger partial charge in [0.05, 0.1) is 16.1 Å². The molecule has 0 aliphatic heterocycles. The van der Waals surface area contributed by atoms with Gasteiger partial charge in [0, 0.05) is 6.54 Å². The minimum absolute atomic E-state index is 0.232. The number of thioether (sulfide) groups is 1. The summed E-state index contributed by atoms with van der Waals surface area (Å²) in [4.78, 5) is 22.6. The van der Waals surface area contributed by atoms with Gasteiger partial charge in [0.15, 0.2) is 5.82 Å². The third kappa shape index (κ3) is 4.05. The maximum absolute atomic E-state index is 13.0. The SMILES string of the molecule is CSc1nc(-c2cccs2)nc(C)c1C(=O)NCc1ccc(F)cc1. The van der Waals surface area contributed by atoms with Crippen molar-refractivity contribution >= 4 is 29.0 Å². The number of benzene rings is 1. The third-order valence-electron chi connectivity index (χ3n) is 3.59. The summed E-state index contributed by atoms with van der Waals surface area (Å²) >= 11 is 2.98. The lowest BCUT2D eigenvalue weighted by molar-refractivity contribution is 0.0946. The van der Waals surface area contributed by atoms with E-state index in [2.05, 4.69) is 15.3 Å². The van der Waals surface area contributed by atoms with Crippen molar-refractivity contribution in [3.8, 4) is 10.7 Å². The normalized spacial score (nSPS) is 10.7. The molecule has 3 aromatic rings. The number of amides is 1. The van der Waals surface area contributed by atoms with Gasteiger partial charge in [0.2, 0.25) is 0 Å². The first-order chi connectivity index (χ1) is 12.1. The number of hydrogen-bond donors (Lipinski definition) is 1. The molecular weight excluding hydrogens is 357 g/mol. The van der Waals surface area contributed by atoms with Gasteiger partial charge in [-0.3, -0.25) is 4.79 Å². The molecule has 3 rings (SSSR count). The summed E-state index contributed by atoms with van der Waals surface area (Å²) in [6.45, 7) is 2.13. The number of rotatable bonds is 5. The fourth-order valence-corrected chi connectivity index (χ4v) is 3.62. The molecule has 1 amide bonds. The van der Waals surface area contributed by atoms with E-state index in [1.54, 1.807) is 23.5 Å². The maximum atomic E-state index is 13.0. The second kappa shape index (κ2) is 7.76. The summed E-state index contributed by atoms with van der Waals surface area (Å²) in [5, 5.41) is 5.47. The molecule has 0 saturated carbocycles. The van der Waals surface area contributed by atoms with Crippen molar-refractivity contribution in [2.24, 2.45) is 0 Å². The van der Waals surface area contributed by atoms with E-state index < -0.39 is 0 Å². The molecule has 1 aromatic carbocycles. The van der Waals surface area contributed by atoms with Crippen LogP contribution in [0.15, 0.2) is 46.8 Å². The van der Waals surface area contributed by atoms with Gasteiger partial charge < -0.3 is 5.32 Å². The Morgan fingerprint density at radius 3 is 2.64 bits per heavy atom. The van der Waals surface area contributed by atoms with Crippen molar-refractivity contribution < 1.29 is 9.18 Å². The predicted molar refractivity (Wildman–Crippen MR) is 99.4 cm³/mol. The summed E-state index contributed by atoms with van der Waals surface area (Å²) in [7, 11) is 0. The molecule has 1 N–H and O–H groups in total. The van der Waals surface area contributed by atoms with E-state index in [1.165, 1.54) is 23.9 Å². The summed E-state index contributed by atoms with van der Waals surface area (Å²) in [5.41, 5.74) is 1.95. The molecule has 0 radical (unpaired) electrons. The molecule has 0 bridgehead atoms. The number of carbonyl (C=O) groups is 1. The van der Waals surface area contributed by atoms with Gasteiger partial charge in [-0.25, -0.2) is 14.4 Å². The molecule has 0 spiro atoms. The van der Waals surface area contributed by atoms with Crippen LogP contribution in [0.2, 0.25) is 0 Å². The van der Waals surface area contributed by atoms with Gasteiger partial charge in [-0.15, -0.1) is 23.1 Å². The molecule has 4 nitrogen and oxygen atoms in total. The van der Waals surface area contributed by atoms with Crippen LogP contribution in [0.1, 0.15) is 21.6 Å². The molecule has 0 saturated heterocycles. The van der Waals surface area contributed by atoms with Crippen molar-refractivity contribution in [1.29, 1.82) is 0 Å². The highest BCUT2D eigenvalue weighted by Gasteiger charge is 2.19. The van der Waals surface area contributed by atoms with Crippen LogP contribution < -0.4 is 5.32 Å². The second-order valence-electron chi connectivity index (χ2n) is 5.30. The first-order valence-electron chi connectivity index (χ1n) is 7.57. The lowest BCUT2D eigenvalue weighted by atomic mass is 10.2. The van der Waals surface area contributed by atoms with Crippen LogP contribution in [0.5, 0.6) is 0 Å². The largest absolute Gasteiger partial charge is 0.348 e. The van der Waals surface area contributed by atoms with Gasteiger partial charge in [-0.05, 0) is 42.3 Å². The number of aryl methyl sites for hydroxylation is 1. The van der Waals surface area contributed by atoms with E-state index in [1.807, 2.05) is 30.7 Å². The monoisotopic (exact) mass is 373 g/mol. The van der Waals surface area contributed by atoms with Crippen LogP contribution >= 0.6 is 23.1 Å². The van der Waals surface area contributed by atoms with Crippen LogP contribution in [-0.2, 0) is 6.54 Å². The highest BCUT2D eigenvalue weighted by Crippen LogP contribution is 2.27. The maximum Gasteiger partial charge on any atom is 0.256 e. The topological polar surface area (TPSA) is 54.9 Å². The Morgan fingerprint density at radius 1 is 1.24 bits per heavy atom. The number of thiophene rings is 1. The van der Waals surface area contributed by atoms with Crippen LogP contribution in [0.3, 0.4) is 0 Å². The van der Waals surface area contributed by atoms with Crippen molar-refractivity contribution in [2.45, 2.75) is 18.5 Å². The van der Waals surface area contributed by atoms with Crippen molar-refractivity contribution in [3.05, 3.63) is 64.4 Å².